The van der Waals surface area contributed by atoms with Gasteiger partial charge < -0.3 is 5.32 Å². The molecule has 0 unspecified atom stereocenters. The van der Waals surface area contributed by atoms with Gasteiger partial charge in [0.1, 0.15) is 5.69 Å². The molecular weight excluding hydrogens is 276 g/mol. The van der Waals surface area contributed by atoms with Crippen molar-refractivity contribution in [3.8, 4) is 11.3 Å². The number of nitrogens with one attached hydrogen (secondary N) is 1. The SMILES string of the molecule is CCCCNc1nc(-c2cn(C)nc2C)cc(C(F)F)n1. The summed E-state index contributed by atoms with van der Waals surface area (Å²) in [5.41, 5.74) is 1.67. The van der Waals surface area contributed by atoms with E-state index >= 15 is 0 Å². The Labute approximate surface area is 122 Å². The molecule has 0 radical (unpaired) electrons. The molecule has 0 aliphatic carbocycles. The van der Waals surface area contributed by atoms with E-state index in [0.717, 1.165) is 24.1 Å². The van der Waals surface area contributed by atoms with E-state index in [1.165, 1.54) is 6.07 Å². The highest BCUT2D eigenvalue weighted by atomic mass is 19.3. The van der Waals surface area contributed by atoms with Crippen LogP contribution in [0, 0.1) is 6.92 Å². The zero-order valence-corrected chi connectivity index (χ0v) is 12.4. The highest BCUT2D eigenvalue weighted by Gasteiger charge is 2.16. The first-order valence-corrected chi connectivity index (χ1v) is 6.93. The summed E-state index contributed by atoms with van der Waals surface area (Å²) in [6.45, 7) is 4.54. The molecule has 0 aliphatic rings. The van der Waals surface area contributed by atoms with E-state index in [2.05, 4.69) is 27.3 Å². The molecule has 0 saturated carbocycles. The fourth-order valence-corrected chi connectivity index (χ4v) is 2.02. The predicted octanol–water partition coefficient (Wildman–Crippen LogP) is 3.34. The van der Waals surface area contributed by atoms with Gasteiger partial charge in [0.25, 0.3) is 6.43 Å². The molecule has 114 valence electrons. The second-order valence-corrected chi connectivity index (χ2v) is 4.88. The number of rotatable bonds is 6. The fourth-order valence-electron chi connectivity index (χ4n) is 2.02. The molecule has 1 N–H and O–H groups in total. The molecule has 2 heterocycles. The molecule has 0 bridgehead atoms. The highest BCUT2D eigenvalue weighted by Crippen LogP contribution is 2.26. The van der Waals surface area contributed by atoms with Crippen molar-refractivity contribution in [2.45, 2.75) is 33.1 Å². The van der Waals surface area contributed by atoms with Gasteiger partial charge in [-0.1, -0.05) is 13.3 Å². The topological polar surface area (TPSA) is 55.6 Å². The van der Waals surface area contributed by atoms with Gasteiger partial charge in [-0.05, 0) is 19.4 Å². The van der Waals surface area contributed by atoms with Gasteiger partial charge in [0.2, 0.25) is 5.95 Å². The maximum absolute atomic E-state index is 13.0. The first-order valence-electron chi connectivity index (χ1n) is 6.93. The molecule has 0 aromatic carbocycles. The number of unbranched alkanes of at least 4 members (excludes halogenated alkanes) is 1. The van der Waals surface area contributed by atoms with Crippen LogP contribution in [0.2, 0.25) is 0 Å². The molecule has 0 amide bonds. The van der Waals surface area contributed by atoms with Gasteiger partial charge in [-0.3, -0.25) is 4.68 Å². The van der Waals surface area contributed by atoms with E-state index in [0.29, 0.717) is 12.2 Å². The third-order valence-corrected chi connectivity index (χ3v) is 3.07. The fraction of sp³-hybridized carbons (Fsp3) is 0.500. The number of anilines is 1. The zero-order valence-electron chi connectivity index (χ0n) is 12.4. The van der Waals surface area contributed by atoms with Crippen molar-refractivity contribution >= 4 is 5.95 Å². The lowest BCUT2D eigenvalue weighted by Gasteiger charge is -2.09. The second kappa shape index (κ2) is 6.60. The lowest BCUT2D eigenvalue weighted by molar-refractivity contribution is 0.146. The molecule has 2 aromatic rings. The van der Waals surface area contributed by atoms with Gasteiger partial charge in [-0.15, -0.1) is 0 Å². The average molecular weight is 295 g/mol. The molecule has 2 aromatic heterocycles. The predicted molar refractivity (Wildman–Crippen MR) is 77.3 cm³/mol. The van der Waals surface area contributed by atoms with Crippen LogP contribution in [0.15, 0.2) is 12.3 Å². The summed E-state index contributed by atoms with van der Waals surface area (Å²) >= 11 is 0. The molecule has 0 saturated heterocycles. The van der Waals surface area contributed by atoms with Gasteiger partial charge in [-0.25, -0.2) is 18.7 Å². The summed E-state index contributed by atoms with van der Waals surface area (Å²) in [7, 11) is 1.78. The van der Waals surface area contributed by atoms with Crippen LogP contribution in [-0.2, 0) is 7.05 Å². The number of hydrogen-bond acceptors (Lipinski definition) is 4. The van der Waals surface area contributed by atoms with Crippen LogP contribution in [0.4, 0.5) is 14.7 Å². The Morgan fingerprint density at radius 2 is 2.10 bits per heavy atom. The van der Waals surface area contributed by atoms with Crippen molar-refractivity contribution < 1.29 is 8.78 Å². The van der Waals surface area contributed by atoms with Crippen molar-refractivity contribution in [3.05, 3.63) is 23.7 Å². The maximum atomic E-state index is 13.0. The van der Waals surface area contributed by atoms with Crippen molar-refractivity contribution in [1.82, 2.24) is 19.7 Å². The van der Waals surface area contributed by atoms with Crippen LogP contribution in [0.25, 0.3) is 11.3 Å². The molecule has 21 heavy (non-hydrogen) atoms. The number of hydrogen-bond donors (Lipinski definition) is 1. The third kappa shape index (κ3) is 3.74. The van der Waals surface area contributed by atoms with Gasteiger partial charge in [0.05, 0.1) is 11.4 Å². The number of halogens is 2. The van der Waals surface area contributed by atoms with E-state index in [1.54, 1.807) is 17.9 Å². The average Bonchev–Trinajstić information content (AvgIpc) is 2.77. The minimum absolute atomic E-state index is 0.236. The van der Waals surface area contributed by atoms with Crippen molar-refractivity contribution in [3.63, 3.8) is 0 Å². The number of aromatic nitrogens is 4. The Hall–Kier alpha value is -2.05. The Kier molecular flexibility index (Phi) is 4.82. The largest absolute Gasteiger partial charge is 0.354 e. The van der Waals surface area contributed by atoms with E-state index in [-0.39, 0.29) is 11.6 Å². The van der Waals surface area contributed by atoms with E-state index in [9.17, 15) is 8.78 Å². The van der Waals surface area contributed by atoms with Crippen LogP contribution in [0.1, 0.15) is 37.6 Å². The van der Waals surface area contributed by atoms with Crippen LogP contribution in [0.3, 0.4) is 0 Å². The molecule has 5 nitrogen and oxygen atoms in total. The van der Waals surface area contributed by atoms with Crippen molar-refractivity contribution in [2.24, 2.45) is 7.05 Å². The van der Waals surface area contributed by atoms with Gasteiger partial charge in [0.15, 0.2) is 0 Å². The first-order chi connectivity index (χ1) is 10.0. The van der Waals surface area contributed by atoms with Gasteiger partial charge >= 0.3 is 0 Å². The first kappa shape index (κ1) is 15.3. The van der Waals surface area contributed by atoms with Crippen molar-refractivity contribution in [1.29, 1.82) is 0 Å². The number of alkyl halides is 2. The maximum Gasteiger partial charge on any atom is 0.280 e. The Morgan fingerprint density at radius 3 is 2.67 bits per heavy atom. The molecular formula is C14H19F2N5. The van der Waals surface area contributed by atoms with E-state index < -0.39 is 6.43 Å². The summed E-state index contributed by atoms with van der Waals surface area (Å²) in [5.74, 6) is 0.236. The summed E-state index contributed by atoms with van der Waals surface area (Å²) < 4.78 is 27.6. The van der Waals surface area contributed by atoms with Crippen molar-refractivity contribution in [2.75, 3.05) is 11.9 Å². The Morgan fingerprint density at radius 1 is 1.33 bits per heavy atom. The minimum atomic E-state index is -2.63. The van der Waals surface area contributed by atoms with E-state index in [1.807, 2.05) is 6.92 Å². The van der Waals surface area contributed by atoms with Crippen LogP contribution in [-0.4, -0.2) is 26.3 Å². The lowest BCUT2D eigenvalue weighted by atomic mass is 10.1. The minimum Gasteiger partial charge on any atom is -0.354 e. The Bertz CT molecular complexity index is 609. The molecule has 0 atom stereocenters. The lowest BCUT2D eigenvalue weighted by Crippen LogP contribution is -2.07. The number of nitrogens with zero attached hydrogens (tertiary/aromatic N) is 4. The summed E-state index contributed by atoms with van der Waals surface area (Å²) in [4.78, 5) is 8.19. The third-order valence-electron chi connectivity index (χ3n) is 3.07. The summed E-state index contributed by atoms with van der Waals surface area (Å²) in [5, 5.41) is 7.21. The van der Waals surface area contributed by atoms with Crippen LogP contribution < -0.4 is 5.32 Å². The van der Waals surface area contributed by atoms with Crippen LogP contribution in [0.5, 0.6) is 0 Å². The molecule has 0 fully saturated rings. The second-order valence-electron chi connectivity index (χ2n) is 4.88. The normalized spacial score (nSPS) is 11.1. The van der Waals surface area contributed by atoms with E-state index in [4.69, 9.17) is 0 Å². The standard InChI is InChI=1S/C14H19F2N5/c1-4-5-6-17-14-18-11(7-12(19-14)13(15)16)10-8-21(3)20-9(10)2/h7-8,13H,4-6H2,1-3H3,(H,17,18,19). The molecule has 2 rings (SSSR count). The highest BCUT2D eigenvalue weighted by molar-refractivity contribution is 5.62. The quantitative estimate of drug-likeness (QED) is 0.830. The van der Waals surface area contributed by atoms with Crippen LogP contribution >= 0.6 is 0 Å². The monoisotopic (exact) mass is 295 g/mol. The molecule has 7 heteroatoms. The smallest absolute Gasteiger partial charge is 0.280 e. The Balaban J connectivity index is 2.37. The summed E-state index contributed by atoms with van der Waals surface area (Å²) in [6, 6.07) is 1.32. The zero-order chi connectivity index (χ0) is 15.4. The van der Waals surface area contributed by atoms with Gasteiger partial charge in [0, 0.05) is 25.4 Å². The van der Waals surface area contributed by atoms with Gasteiger partial charge in [-0.2, -0.15) is 5.10 Å². The summed E-state index contributed by atoms with van der Waals surface area (Å²) in [6.07, 6.45) is 1.08. The number of aryl methyl sites for hydroxylation is 2. The molecule has 0 aliphatic heterocycles. The molecule has 0 spiro atoms.